The van der Waals surface area contributed by atoms with E-state index < -0.39 is 5.97 Å². The van der Waals surface area contributed by atoms with Gasteiger partial charge in [0, 0.05) is 12.5 Å². The van der Waals surface area contributed by atoms with Crippen LogP contribution in [0.25, 0.3) is 11.4 Å². The van der Waals surface area contributed by atoms with Crippen molar-refractivity contribution in [3.05, 3.63) is 77.1 Å². The van der Waals surface area contributed by atoms with E-state index in [-0.39, 0.29) is 25.5 Å². The number of hydrogen-bond acceptors (Lipinski definition) is 8. The van der Waals surface area contributed by atoms with Gasteiger partial charge in [-0.05, 0) is 36.8 Å². The van der Waals surface area contributed by atoms with E-state index in [0.717, 1.165) is 16.9 Å². The zero-order valence-corrected chi connectivity index (χ0v) is 18.8. The van der Waals surface area contributed by atoms with Gasteiger partial charge >= 0.3 is 5.97 Å². The van der Waals surface area contributed by atoms with E-state index in [1.54, 1.807) is 31.1 Å². The highest BCUT2D eigenvalue weighted by Gasteiger charge is 2.29. The Hall–Kier alpha value is -4.18. The minimum absolute atomic E-state index is 0.117. The number of benzene rings is 2. The normalized spacial score (nSPS) is 11.7. The molecule has 34 heavy (non-hydrogen) atoms. The van der Waals surface area contributed by atoms with E-state index in [1.165, 1.54) is 0 Å². The molecular formula is C24H23N5O5. The van der Waals surface area contributed by atoms with E-state index in [0.29, 0.717) is 35.0 Å². The van der Waals surface area contributed by atoms with Crippen molar-refractivity contribution >= 4 is 5.97 Å². The molecule has 0 saturated heterocycles. The van der Waals surface area contributed by atoms with Crippen molar-refractivity contribution in [1.82, 2.24) is 24.5 Å². The van der Waals surface area contributed by atoms with E-state index in [9.17, 15) is 9.90 Å². The van der Waals surface area contributed by atoms with Crippen molar-refractivity contribution in [2.75, 3.05) is 13.7 Å². The Morgan fingerprint density at radius 3 is 2.76 bits per heavy atom. The molecule has 2 aromatic heterocycles. The summed E-state index contributed by atoms with van der Waals surface area (Å²) in [4.78, 5) is 16.9. The van der Waals surface area contributed by atoms with Crippen molar-refractivity contribution in [3.63, 3.8) is 0 Å². The Morgan fingerprint density at radius 1 is 1.12 bits per heavy atom. The Bertz CT molecular complexity index is 1360. The molecular weight excluding hydrogens is 438 g/mol. The highest BCUT2D eigenvalue weighted by Crippen LogP contribution is 2.31. The molecule has 0 fully saturated rings. The molecule has 0 unspecified atom stereocenters. The number of fused-ring (bicyclic) bond motifs is 5. The maximum absolute atomic E-state index is 12.6. The first kappa shape index (κ1) is 21.7. The lowest BCUT2D eigenvalue weighted by Gasteiger charge is -2.11. The first-order chi connectivity index (χ1) is 16.6. The van der Waals surface area contributed by atoms with Gasteiger partial charge in [-0.1, -0.05) is 17.3 Å². The molecule has 10 nitrogen and oxygen atoms in total. The maximum atomic E-state index is 12.6. The van der Waals surface area contributed by atoms with Crippen LogP contribution in [0.4, 0.5) is 0 Å². The van der Waals surface area contributed by atoms with Gasteiger partial charge in [0.2, 0.25) is 0 Å². The van der Waals surface area contributed by atoms with Crippen LogP contribution in [0.15, 0.2) is 48.8 Å². The van der Waals surface area contributed by atoms with Gasteiger partial charge in [0.1, 0.15) is 30.1 Å². The van der Waals surface area contributed by atoms with E-state index >= 15 is 0 Å². The van der Waals surface area contributed by atoms with Crippen LogP contribution in [0.1, 0.15) is 40.1 Å². The van der Waals surface area contributed by atoms with Gasteiger partial charge in [0.15, 0.2) is 5.69 Å². The molecule has 0 saturated carbocycles. The van der Waals surface area contributed by atoms with Crippen LogP contribution in [0.3, 0.4) is 0 Å². The summed E-state index contributed by atoms with van der Waals surface area (Å²) in [6.45, 7) is 2.06. The summed E-state index contributed by atoms with van der Waals surface area (Å²) in [5.74, 6) is 0.836. The summed E-state index contributed by atoms with van der Waals surface area (Å²) in [7, 11) is 1.60. The molecule has 174 valence electrons. The van der Waals surface area contributed by atoms with Crippen LogP contribution in [-0.4, -0.2) is 49.3 Å². The third-order valence-electron chi connectivity index (χ3n) is 5.64. The lowest BCUT2D eigenvalue weighted by Crippen LogP contribution is -2.11. The fourth-order valence-electron chi connectivity index (χ4n) is 3.98. The van der Waals surface area contributed by atoms with Crippen LogP contribution in [0.5, 0.6) is 11.5 Å². The number of carbonyl (C=O) groups excluding carboxylic acids is 1. The average molecular weight is 461 g/mol. The minimum atomic E-state index is -0.486. The predicted molar refractivity (Wildman–Crippen MR) is 120 cm³/mol. The predicted octanol–water partition coefficient (Wildman–Crippen LogP) is 2.61. The molecule has 0 bridgehead atoms. The highest BCUT2D eigenvalue weighted by molar-refractivity contribution is 5.89. The largest absolute Gasteiger partial charge is 0.497 e. The van der Waals surface area contributed by atoms with Gasteiger partial charge in [0.05, 0.1) is 43.1 Å². The number of hydrogen-bond donors (Lipinski definition) is 1. The molecule has 3 heterocycles. The van der Waals surface area contributed by atoms with Gasteiger partial charge in [-0.25, -0.2) is 14.5 Å². The number of aliphatic hydroxyl groups is 1. The topological polar surface area (TPSA) is 114 Å². The van der Waals surface area contributed by atoms with Crippen LogP contribution in [0, 0.1) is 0 Å². The van der Waals surface area contributed by atoms with E-state index in [4.69, 9.17) is 14.2 Å². The average Bonchev–Trinajstić information content (AvgIpc) is 3.44. The second-order valence-corrected chi connectivity index (χ2v) is 7.65. The van der Waals surface area contributed by atoms with Crippen molar-refractivity contribution in [2.24, 2.45) is 0 Å². The van der Waals surface area contributed by atoms with Gasteiger partial charge in [-0.3, -0.25) is 4.57 Å². The number of nitrogens with zero attached hydrogens (tertiary/aromatic N) is 5. The van der Waals surface area contributed by atoms with Crippen LogP contribution >= 0.6 is 0 Å². The number of aromatic nitrogens is 5. The van der Waals surface area contributed by atoms with E-state index in [1.807, 2.05) is 41.0 Å². The maximum Gasteiger partial charge on any atom is 0.358 e. The number of rotatable bonds is 7. The summed E-state index contributed by atoms with van der Waals surface area (Å²) in [6.07, 6.45) is 1.94. The standard InChI is InChI=1S/C24H23N5O5/c1-3-33-24(31)23-22-11-20-18(13-34-17-6-4-5-16(10-17)32-2)26-27-29(20)21-9-15(12-30)7-8-19(21)28(22)14-25-23/h4-10,14,30H,3,11-13H2,1-2H3. The third kappa shape index (κ3) is 3.77. The Kier molecular flexibility index (Phi) is 5.72. The smallest absolute Gasteiger partial charge is 0.358 e. The lowest BCUT2D eigenvalue weighted by atomic mass is 10.1. The first-order valence-electron chi connectivity index (χ1n) is 10.8. The minimum Gasteiger partial charge on any atom is -0.497 e. The highest BCUT2D eigenvalue weighted by atomic mass is 16.5. The monoisotopic (exact) mass is 461 g/mol. The molecule has 4 aromatic rings. The van der Waals surface area contributed by atoms with Gasteiger partial charge in [-0.2, -0.15) is 0 Å². The van der Waals surface area contributed by atoms with Crippen molar-refractivity contribution in [2.45, 2.75) is 26.6 Å². The summed E-state index contributed by atoms with van der Waals surface area (Å²) in [5.41, 5.74) is 4.49. The number of aliphatic hydroxyl groups excluding tert-OH is 1. The SMILES string of the molecule is CCOC(=O)c1ncn2c1Cc1c(COc3cccc(OC)c3)nnn1-c1cc(CO)ccc1-2. The molecule has 5 rings (SSSR count). The van der Waals surface area contributed by atoms with Crippen molar-refractivity contribution < 1.29 is 24.1 Å². The summed E-state index contributed by atoms with van der Waals surface area (Å²) in [5, 5.41) is 18.4. The molecule has 0 amide bonds. The van der Waals surface area contributed by atoms with Gasteiger partial charge < -0.3 is 19.3 Å². The molecule has 0 aliphatic carbocycles. The number of carbonyl (C=O) groups is 1. The molecule has 0 spiro atoms. The zero-order chi connectivity index (χ0) is 23.7. The Morgan fingerprint density at radius 2 is 1.97 bits per heavy atom. The van der Waals surface area contributed by atoms with Crippen molar-refractivity contribution in [1.29, 1.82) is 0 Å². The first-order valence-corrected chi connectivity index (χ1v) is 10.8. The van der Waals surface area contributed by atoms with Crippen LogP contribution < -0.4 is 9.47 Å². The van der Waals surface area contributed by atoms with E-state index in [2.05, 4.69) is 15.3 Å². The molecule has 10 heteroatoms. The molecule has 1 aliphatic rings. The number of imidazole rings is 1. The quantitative estimate of drug-likeness (QED) is 0.368. The molecule has 0 atom stereocenters. The second kappa shape index (κ2) is 8.99. The summed E-state index contributed by atoms with van der Waals surface area (Å²) >= 11 is 0. The summed E-state index contributed by atoms with van der Waals surface area (Å²) < 4.78 is 20.0. The van der Waals surface area contributed by atoms with Gasteiger partial charge in [-0.15, -0.1) is 5.10 Å². The Balaban J connectivity index is 1.58. The molecule has 1 aliphatic heterocycles. The van der Waals surface area contributed by atoms with Crippen molar-refractivity contribution in [3.8, 4) is 22.9 Å². The van der Waals surface area contributed by atoms with Crippen LogP contribution in [0.2, 0.25) is 0 Å². The fourth-order valence-corrected chi connectivity index (χ4v) is 3.98. The molecule has 0 radical (unpaired) electrons. The number of esters is 1. The number of methoxy groups -OCH3 is 1. The zero-order valence-electron chi connectivity index (χ0n) is 18.8. The van der Waals surface area contributed by atoms with Crippen LogP contribution in [-0.2, 0) is 24.4 Å². The third-order valence-corrected chi connectivity index (χ3v) is 5.64. The molecule has 2 aromatic carbocycles. The summed E-state index contributed by atoms with van der Waals surface area (Å²) in [6, 6.07) is 12.8. The van der Waals surface area contributed by atoms with Gasteiger partial charge in [0.25, 0.3) is 0 Å². The molecule has 1 N–H and O–H groups in total. The lowest BCUT2D eigenvalue weighted by molar-refractivity contribution is 0.0519. The second-order valence-electron chi connectivity index (χ2n) is 7.65. The fraction of sp³-hybridized carbons (Fsp3) is 0.250. The number of ether oxygens (including phenoxy) is 3. The Labute approximate surface area is 195 Å².